The topological polar surface area (TPSA) is 122 Å². The zero-order valence-corrected chi connectivity index (χ0v) is 19.8. The first-order valence-corrected chi connectivity index (χ1v) is 11.6. The minimum Gasteiger partial charge on any atom is -0.508 e. The summed E-state index contributed by atoms with van der Waals surface area (Å²) in [5.74, 6) is -1.69. The van der Waals surface area contributed by atoms with Crippen molar-refractivity contribution in [2.24, 2.45) is 11.8 Å². The van der Waals surface area contributed by atoms with Gasteiger partial charge in [0.15, 0.2) is 23.8 Å². The number of hydrogen-bond acceptors (Lipinski definition) is 7. The third-order valence-electron chi connectivity index (χ3n) is 5.48. The van der Waals surface area contributed by atoms with Gasteiger partial charge in [0.1, 0.15) is 5.75 Å². The third kappa shape index (κ3) is 8.28. The van der Waals surface area contributed by atoms with Crippen molar-refractivity contribution in [2.75, 3.05) is 6.61 Å². The molecule has 1 aliphatic rings. The molecule has 2 unspecified atom stereocenters. The van der Waals surface area contributed by atoms with Gasteiger partial charge < -0.3 is 19.9 Å². The van der Waals surface area contributed by atoms with Crippen LogP contribution in [-0.2, 0) is 35.1 Å². The number of benzene rings is 1. The summed E-state index contributed by atoms with van der Waals surface area (Å²) in [6.07, 6.45) is -0.101. The fourth-order valence-corrected chi connectivity index (χ4v) is 3.80. The lowest BCUT2D eigenvalue weighted by atomic mass is 9.89. The molecule has 0 radical (unpaired) electrons. The summed E-state index contributed by atoms with van der Waals surface area (Å²) in [7, 11) is 0. The Morgan fingerprint density at radius 3 is 2.33 bits per heavy atom. The fourth-order valence-electron chi connectivity index (χ4n) is 3.80. The quantitative estimate of drug-likeness (QED) is 0.323. The maximum atomic E-state index is 13.2. The molecule has 4 atom stereocenters. The molecule has 2 N–H and O–H groups in total. The number of rotatable bonds is 14. The molecule has 1 aromatic rings. The van der Waals surface area contributed by atoms with Gasteiger partial charge in [-0.25, -0.2) is 4.79 Å². The van der Waals surface area contributed by atoms with E-state index in [1.54, 1.807) is 19.1 Å². The van der Waals surface area contributed by atoms with Gasteiger partial charge >= 0.3 is 5.97 Å². The maximum Gasteiger partial charge on any atom is 0.338 e. The van der Waals surface area contributed by atoms with Crippen LogP contribution in [0.15, 0.2) is 24.3 Å². The Kier molecular flexibility index (Phi) is 10.0. The molecule has 2 rings (SSSR count). The average Bonchev–Trinajstić information content (AvgIpc) is 3.55. The SMILES string of the molecule is CCCC(=O)[C@H](Cc1ccc(O)cc1)NC(=O)[C@@H](CC(=O)C1OC1C(=O)OCC)CC(C)C. The van der Waals surface area contributed by atoms with E-state index in [9.17, 15) is 24.3 Å². The molecule has 0 aliphatic carbocycles. The summed E-state index contributed by atoms with van der Waals surface area (Å²) in [6.45, 7) is 7.68. The Morgan fingerprint density at radius 2 is 1.76 bits per heavy atom. The Balaban J connectivity index is 2.07. The van der Waals surface area contributed by atoms with Gasteiger partial charge in [-0.3, -0.25) is 14.4 Å². The van der Waals surface area contributed by atoms with Gasteiger partial charge in [0.05, 0.1) is 12.6 Å². The van der Waals surface area contributed by atoms with E-state index in [0.717, 1.165) is 5.56 Å². The molecule has 182 valence electrons. The third-order valence-corrected chi connectivity index (χ3v) is 5.48. The minimum absolute atomic E-state index is 0.0709. The van der Waals surface area contributed by atoms with Gasteiger partial charge in [0.25, 0.3) is 0 Å². The molecular weight excluding hydrogens is 426 g/mol. The highest BCUT2D eigenvalue weighted by Gasteiger charge is 2.51. The highest BCUT2D eigenvalue weighted by atomic mass is 16.6. The molecule has 1 amide bonds. The van der Waals surface area contributed by atoms with Crippen molar-refractivity contribution < 1.29 is 33.8 Å². The maximum absolute atomic E-state index is 13.2. The highest BCUT2D eigenvalue weighted by molar-refractivity contribution is 5.97. The van der Waals surface area contributed by atoms with Crippen molar-refractivity contribution in [2.45, 2.75) is 78.0 Å². The number of hydrogen-bond donors (Lipinski definition) is 2. The highest BCUT2D eigenvalue weighted by Crippen LogP contribution is 2.28. The van der Waals surface area contributed by atoms with Crippen LogP contribution in [0.2, 0.25) is 0 Å². The molecule has 33 heavy (non-hydrogen) atoms. The van der Waals surface area contributed by atoms with E-state index in [4.69, 9.17) is 9.47 Å². The molecule has 1 aliphatic heterocycles. The van der Waals surface area contributed by atoms with Gasteiger partial charge in [-0.15, -0.1) is 0 Å². The number of carbonyl (C=O) groups is 4. The Labute approximate surface area is 195 Å². The molecule has 1 saturated heterocycles. The number of carbonyl (C=O) groups excluding carboxylic acids is 4. The van der Waals surface area contributed by atoms with Crippen LogP contribution in [-0.4, -0.2) is 53.4 Å². The number of ketones is 2. The van der Waals surface area contributed by atoms with Crippen LogP contribution in [0.3, 0.4) is 0 Å². The van der Waals surface area contributed by atoms with E-state index >= 15 is 0 Å². The molecule has 1 heterocycles. The number of amides is 1. The van der Waals surface area contributed by atoms with E-state index in [1.165, 1.54) is 12.1 Å². The number of nitrogens with one attached hydrogen (secondary N) is 1. The van der Waals surface area contributed by atoms with Crippen LogP contribution in [0.4, 0.5) is 0 Å². The normalized spacial score (nSPS) is 18.9. The second kappa shape index (κ2) is 12.5. The van der Waals surface area contributed by atoms with Gasteiger partial charge in [0.2, 0.25) is 5.91 Å². The van der Waals surface area contributed by atoms with E-state index in [2.05, 4.69) is 5.32 Å². The number of ether oxygens (including phenoxy) is 2. The smallest absolute Gasteiger partial charge is 0.338 e. The Hall–Kier alpha value is -2.74. The summed E-state index contributed by atoms with van der Waals surface area (Å²) in [4.78, 5) is 50.3. The summed E-state index contributed by atoms with van der Waals surface area (Å²) < 4.78 is 10.1. The van der Waals surface area contributed by atoms with Gasteiger partial charge in [-0.05, 0) is 49.8 Å². The lowest BCUT2D eigenvalue weighted by molar-refractivity contribution is -0.144. The largest absolute Gasteiger partial charge is 0.508 e. The second-order valence-corrected chi connectivity index (χ2v) is 8.87. The minimum atomic E-state index is -0.895. The number of esters is 1. The zero-order chi connectivity index (χ0) is 24.5. The van der Waals surface area contributed by atoms with Crippen molar-refractivity contribution >= 4 is 23.4 Å². The van der Waals surface area contributed by atoms with Crippen LogP contribution >= 0.6 is 0 Å². The van der Waals surface area contributed by atoms with Crippen LogP contribution < -0.4 is 5.32 Å². The summed E-state index contributed by atoms with van der Waals surface area (Å²) in [5, 5.41) is 12.3. The van der Waals surface area contributed by atoms with Gasteiger partial charge in [-0.1, -0.05) is 32.9 Å². The second-order valence-electron chi connectivity index (χ2n) is 8.87. The van der Waals surface area contributed by atoms with E-state index in [0.29, 0.717) is 25.7 Å². The average molecular weight is 462 g/mol. The van der Waals surface area contributed by atoms with E-state index in [1.807, 2.05) is 20.8 Å². The number of Topliss-reactive ketones (excluding diaryl/α,β-unsaturated/α-hetero) is 2. The molecule has 8 heteroatoms. The first kappa shape index (κ1) is 26.5. The van der Waals surface area contributed by atoms with Crippen molar-refractivity contribution in [3.63, 3.8) is 0 Å². The standard InChI is InChI=1S/C25H35NO7/c1-5-7-20(28)19(13-16-8-10-18(27)11-9-16)26-24(30)17(12-15(3)4)14-21(29)22-23(33-22)25(31)32-6-2/h8-11,15,17,19,22-23,27H,5-7,12-14H2,1-4H3,(H,26,30)/t17-,19+,22?,23?/m1/s1. The molecule has 0 aromatic heterocycles. The summed E-state index contributed by atoms with van der Waals surface area (Å²) >= 11 is 0. The zero-order valence-electron chi connectivity index (χ0n) is 19.8. The molecule has 1 aromatic carbocycles. The molecule has 1 fully saturated rings. The van der Waals surface area contributed by atoms with Crippen molar-refractivity contribution in [3.8, 4) is 5.75 Å². The predicted octanol–water partition coefficient (Wildman–Crippen LogP) is 2.74. The molecule has 8 nitrogen and oxygen atoms in total. The van der Waals surface area contributed by atoms with Gasteiger partial charge in [-0.2, -0.15) is 0 Å². The van der Waals surface area contributed by atoms with Crippen molar-refractivity contribution in [1.29, 1.82) is 0 Å². The first-order chi connectivity index (χ1) is 15.7. The number of aromatic hydroxyl groups is 1. The Bertz CT molecular complexity index is 834. The lowest BCUT2D eigenvalue weighted by Crippen LogP contribution is -2.45. The first-order valence-electron chi connectivity index (χ1n) is 11.6. The fraction of sp³-hybridized carbons (Fsp3) is 0.600. The van der Waals surface area contributed by atoms with Crippen LogP contribution in [0.5, 0.6) is 5.75 Å². The number of phenolic OH excluding ortho intramolecular Hbond substituents is 1. The summed E-state index contributed by atoms with van der Waals surface area (Å²) in [6, 6.07) is 5.77. The summed E-state index contributed by atoms with van der Waals surface area (Å²) in [5.41, 5.74) is 0.808. The van der Waals surface area contributed by atoms with E-state index in [-0.39, 0.29) is 42.2 Å². The number of phenols is 1. The number of epoxide rings is 1. The molecule has 0 bridgehead atoms. The van der Waals surface area contributed by atoms with Crippen molar-refractivity contribution in [1.82, 2.24) is 5.32 Å². The Morgan fingerprint density at radius 1 is 1.09 bits per heavy atom. The lowest BCUT2D eigenvalue weighted by Gasteiger charge is -2.23. The van der Waals surface area contributed by atoms with Crippen LogP contribution in [0.25, 0.3) is 0 Å². The van der Waals surface area contributed by atoms with Gasteiger partial charge in [0, 0.05) is 18.8 Å². The van der Waals surface area contributed by atoms with Crippen molar-refractivity contribution in [3.05, 3.63) is 29.8 Å². The van der Waals surface area contributed by atoms with Crippen LogP contribution in [0.1, 0.15) is 58.9 Å². The molecular formula is C25H35NO7. The predicted molar refractivity (Wildman–Crippen MR) is 122 cm³/mol. The van der Waals surface area contributed by atoms with E-state index < -0.39 is 30.1 Å². The molecule has 0 saturated carbocycles. The van der Waals surface area contributed by atoms with Crippen LogP contribution in [0, 0.1) is 11.8 Å². The monoisotopic (exact) mass is 461 g/mol. The molecule has 0 spiro atoms.